The lowest BCUT2D eigenvalue weighted by atomic mass is 10.1. The number of amides is 1. The van der Waals surface area contributed by atoms with Crippen molar-refractivity contribution in [3.05, 3.63) is 53.2 Å². The van der Waals surface area contributed by atoms with Gasteiger partial charge in [0.1, 0.15) is 6.07 Å². The number of carbonyl (C=O) groups excluding carboxylic acids is 1. The van der Waals surface area contributed by atoms with Gasteiger partial charge in [-0.3, -0.25) is 4.79 Å². The molecule has 1 fully saturated rings. The SMILES string of the molecule is CS(=O)(=O)Cc1ccc(CC(=O)N2CCN(c3ccc(C#N)nn3)CC2)cc1. The Morgan fingerprint density at radius 3 is 2.21 bits per heavy atom. The fourth-order valence-corrected chi connectivity index (χ4v) is 3.88. The van der Waals surface area contributed by atoms with E-state index in [4.69, 9.17) is 5.26 Å². The van der Waals surface area contributed by atoms with Gasteiger partial charge in [0.15, 0.2) is 21.3 Å². The van der Waals surface area contributed by atoms with Gasteiger partial charge in [-0.1, -0.05) is 24.3 Å². The van der Waals surface area contributed by atoms with Gasteiger partial charge in [0.05, 0.1) is 12.2 Å². The number of anilines is 1. The lowest BCUT2D eigenvalue weighted by molar-refractivity contribution is -0.130. The molecule has 1 saturated heterocycles. The number of rotatable bonds is 5. The van der Waals surface area contributed by atoms with Crippen LogP contribution < -0.4 is 4.90 Å². The van der Waals surface area contributed by atoms with Gasteiger partial charge in [-0.25, -0.2) is 8.42 Å². The van der Waals surface area contributed by atoms with E-state index in [1.807, 2.05) is 15.9 Å². The van der Waals surface area contributed by atoms with E-state index in [0.29, 0.717) is 32.0 Å². The van der Waals surface area contributed by atoms with Crippen LogP contribution in [0.25, 0.3) is 0 Å². The summed E-state index contributed by atoms with van der Waals surface area (Å²) in [4.78, 5) is 16.4. The Labute approximate surface area is 164 Å². The molecule has 1 aromatic heterocycles. The Morgan fingerprint density at radius 2 is 1.68 bits per heavy atom. The second-order valence-corrected chi connectivity index (χ2v) is 8.96. The summed E-state index contributed by atoms with van der Waals surface area (Å²) in [5.41, 5.74) is 1.86. The van der Waals surface area contributed by atoms with Crippen molar-refractivity contribution in [1.82, 2.24) is 15.1 Å². The third kappa shape index (κ3) is 5.27. The van der Waals surface area contributed by atoms with E-state index in [9.17, 15) is 13.2 Å². The number of hydrogen-bond acceptors (Lipinski definition) is 7. The Bertz CT molecular complexity index is 974. The fourth-order valence-electron chi connectivity index (χ4n) is 3.08. The van der Waals surface area contributed by atoms with Crippen molar-refractivity contribution >= 4 is 21.6 Å². The topological polar surface area (TPSA) is 107 Å². The molecule has 0 radical (unpaired) electrons. The first-order valence-corrected chi connectivity index (χ1v) is 10.9. The first kappa shape index (κ1) is 19.8. The number of piperazine rings is 1. The van der Waals surface area contributed by atoms with E-state index < -0.39 is 9.84 Å². The largest absolute Gasteiger partial charge is 0.352 e. The summed E-state index contributed by atoms with van der Waals surface area (Å²) >= 11 is 0. The van der Waals surface area contributed by atoms with E-state index in [-0.39, 0.29) is 23.8 Å². The highest BCUT2D eigenvalue weighted by Gasteiger charge is 2.22. The zero-order valence-electron chi connectivity index (χ0n) is 15.6. The monoisotopic (exact) mass is 399 g/mol. The van der Waals surface area contributed by atoms with Crippen LogP contribution in [0.5, 0.6) is 0 Å². The van der Waals surface area contributed by atoms with Crippen molar-refractivity contribution in [2.45, 2.75) is 12.2 Å². The first-order valence-electron chi connectivity index (χ1n) is 8.86. The Morgan fingerprint density at radius 1 is 1.04 bits per heavy atom. The molecule has 3 rings (SSSR count). The van der Waals surface area contributed by atoms with Gasteiger partial charge in [-0.2, -0.15) is 5.26 Å². The lowest BCUT2D eigenvalue weighted by Crippen LogP contribution is -2.49. The second kappa shape index (κ2) is 8.35. The molecular weight excluding hydrogens is 378 g/mol. The highest BCUT2D eigenvalue weighted by atomic mass is 32.2. The summed E-state index contributed by atoms with van der Waals surface area (Å²) in [5.74, 6) is 0.746. The maximum absolute atomic E-state index is 12.6. The normalized spacial score (nSPS) is 14.6. The molecular formula is C19H21N5O3S. The van der Waals surface area contributed by atoms with Crippen LogP contribution in [0.15, 0.2) is 36.4 Å². The van der Waals surface area contributed by atoms with Crippen LogP contribution in [-0.2, 0) is 26.8 Å². The summed E-state index contributed by atoms with van der Waals surface area (Å²) in [6, 6.07) is 12.5. The minimum atomic E-state index is -3.07. The average molecular weight is 399 g/mol. The molecule has 2 aromatic rings. The summed E-state index contributed by atoms with van der Waals surface area (Å²) < 4.78 is 22.7. The molecule has 28 heavy (non-hydrogen) atoms. The number of benzene rings is 1. The van der Waals surface area contributed by atoms with E-state index in [2.05, 4.69) is 10.2 Å². The molecule has 1 aliphatic rings. The Kier molecular flexibility index (Phi) is 5.90. The van der Waals surface area contributed by atoms with Crippen molar-refractivity contribution in [2.24, 2.45) is 0 Å². The molecule has 0 saturated carbocycles. The van der Waals surface area contributed by atoms with Gasteiger partial charge in [0, 0.05) is 32.4 Å². The average Bonchev–Trinajstić information content (AvgIpc) is 2.68. The van der Waals surface area contributed by atoms with Crippen LogP contribution in [0.4, 0.5) is 5.82 Å². The number of sulfone groups is 1. The molecule has 1 aromatic carbocycles. The van der Waals surface area contributed by atoms with Crippen molar-refractivity contribution in [3.8, 4) is 6.07 Å². The number of nitrogens with zero attached hydrogens (tertiary/aromatic N) is 5. The molecule has 0 atom stereocenters. The van der Waals surface area contributed by atoms with Crippen LogP contribution in [0.1, 0.15) is 16.8 Å². The van der Waals surface area contributed by atoms with Crippen LogP contribution in [0, 0.1) is 11.3 Å². The summed E-state index contributed by atoms with van der Waals surface area (Å²) in [6.45, 7) is 2.48. The summed E-state index contributed by atoms with van der Waals surface area (Å²) in [5, 5.41) is 16.7. The van der Waals surface area contributed by atoms with Crippen LogP contribution in [0.2, 0.25) is 0 Å². The second-order valence-electron chi connectivity index (χ2n) is 6.82. The van der Waals surface area contributed by atoms with Gasteiger partial charge in [0.2, 0.25) is 5.91 Å². The van der Waals surface area contributed by atoms with Crippen molar-refractivity contribution in [2.75, 3.05) is 37.3 Å². The Hall–Kier alpha value is -2.99. The van der Waals surface area contributed by atoms with Gasteiger partial charge < -0.3 is 9.80 Å². The number of aromatic nitrogens is 2. The predicted molar refractivity (Wildman–Crippen MR) is 104 cm³/mol. The predicted octanol–water partition coefficient (Wildman–Crippen LogP) is 0.784. The quantitative estimate of drug-likeness (QED) is 0.731. The van der Waals surface area contributed by atoms with Crippen molar-refractivity contribution < 1.29 is 13.2 Å². The van der Waals surface area contributed by atoms with Gasteiger partial charge >= 0.3 is 0 Å². The third-order valence-electron chi connectivity index (χ3n) is 4.53. The maximum Gasteiger partial charge on any atom is 0.227 e. The van der Waals surface area contributed by atoms with Gasteiger partial charge in [-0.15, -0.1) is 10.2 Å². The maximum atomic E-state index is 12.6. The molecule has 1 aliphatic heterocycles. The summed E-state index contributed by atoms with van der Waals surface area (Å²) in [7, 11) is -3.07. The fraction of sp³-hybridized carbons (Fsp3) is 0.368. The molecule has 8 nitrogen and oxygen atoms in total. The zero-order valence-corrected chi connectivity index (χ0v) is 16.4. The van der Waals surface area contributed by atoms with Crippen molar-refractivity contribution in [1.29, 1.82) is 5.26 Å². The Balaban J connectivity index is 1.53. The third-order valence-corrected chi connectivity index (χ3v) is 5.39. The van der Waals surface area contributed by atoms with Crippen molar-refractivity contribution in [3.63, 3.8) is 0 Å². The molecule has 0 aliphatic carbocycles. The molecule has 2 heterocycles. The molecule has 1 amide bonds. The molecule has 0 bridgehead atoms. The van der Waals surface area contributed by atoms with Crippen LogP contribution in [-0.4, -0.2) is 61.9 Å². The number of carbonyl (C=O) groups is 1. The van der Waals surface area contributed by atoms with Gasteiger partial charge in [-0.05, 0) is 23.3 Å². The summed E-state index contributed by atoms with van der Waals surface area (Å²) in [6.07, 6.45) is 1.49. The smallest absolute Gasteiger partial charge is 0.227 e. The standard InChI is InChI=1S/C19H21N5O3S/c1-28(26,27)14-16-4-2-15(3-5-16)12-19(25)24-10-8-23(9-11-24)18-7-6-17(13-20)21-22-18/h2-7H,8-12,14H2,1H3. The molecule has 0 unspecified atom stereocenters. The number of nitriles is 1. The van der Waals surface area contributed by atoms with E-state index in [1.165, 1.54) is 6.26 Å². The molecule has 146 valence electrons. The zero-order chi connectivity index (χ0) is 20.1. The highest BCUT2D eigenvalue weighted by molar-refractivity contribution is 7.89. The van der Waals surface area contributed by atoms with E-state index >= 15 is 0 Å². The molecule has 0 N–H and O–H groups in total. The first-order chi connectivity index (χ1) is 13.3. The number of hydrogen-bond donors (Lipinski definition) is 0. The molecule has 9 heteroatoms. The van der Waals surface area contributed by atoms with Crippen LogP contribution >= 0.6 is 0 Å². The lowest BCUT2D eigenvalue weighted by Gasteiger charge is -2.35. The highest BCUT2D eigenvalue weighted by Crippen LogP contribution is 2.14. The van der Waals surface area contributed by atoms with E-state index in [0.717, 1.165) is 11.1 Å². The van der Waals surface area contributed by atoms with Crippen LogP contribution in [0.3, 0.4) is 0 Å². The van der Waals surface area contributed by atoms with E-state index in [1.54, 1.807) is 36.4 Å². The minimum Gasteiger partial charge on any atom is -0.352 e. The minimum absolute atomic E-state index is 0.00141. The van der Waals surface area contributed by atoms with Gasteiger partial charge in [0.25, 0.3) is 0 Å². The molecule has 0 spiro atoms.